The summed E-state index contributed by atoms with van der Waals surface area (Å²) in [6.07, 6.45) is 10.5. The van der Waals surface area contributed by atoms with E-state index in [9.17, 15) is 0 Å². The molecule has 0 heterocycles. The molecule has 0 aliphatic carbocycles. The van der Waals surface area contributed by atoms with Crippen molar-refractivity contribution >= 4 is 0 Å². The van der Waals surface area contributed by atoms with E-state index in [1.807, 2.05) is 0 Å². The Bertz CT molecular complexity index is 246. The van der Waals surface area contributed by atoms with Crippen molar-refractivity contribution in [3.05, 3.63) is 0 Å². The van der Waals surface area contributed by atoms with E-state index in [0.717, 1.165) is 0 Å². The lowest BCUT2D eigenvalue weighted by molar-refractivity contribution is 0.216. The van der Waals surface area contributed by atoms with Crippen LogP contribution in [0.2, 0.25) is 0 Å². The molecular formula is C22H49N3. The highest BCUT2D eigenvalue weighted by atomic mass is 15.1. The lowest BCUT2D eigenvalue weighted by atomic mass is 10.2. The highest BCUT2D eigenvalue weighted by Gasteiger charge is 2.07. The summed E-state index contributed by atoms with van der Waals surface area (Å²) in [5.41, 5.74) is 0. The molecule has 3 nitrogen and oxygen atoms in total. The van der Waals surface area contributed by atoms with Crippen LogP contribution < -0.4 is 0 Å². The Hall–Kier alpha value is -0.120. The molecule has 0 atom stereocenters. The van der Waals surface area contributed by atoms with Gasteiger partial charge >= 0.3 is 0 Å². The van der Waals surface area contributed by atoms with Gasteiger partial charge in [0.25, 0.3) is 0 Å². The van der Waals surface area contributed by atoms with Crippen LogP contribution in [0.15, 0.2) is 0 Å². The van der Waals surface area contributed by atoms with Crippen LogP contribution >= 0.6 is 0 Å². The second-order valence-electron chi connectivity index (χ2n) is 7.59. The molecule has 0 fully saturated rings. The molecule has 0 amide bonds. The Morgan fingerprint density at radius 2 is 0.560 bits per heavy atom. The van der Waals surface area contributed by atoms with Crippen molar-refractivity contribution in [3.8, 4) is 0 Å². The van der Waals surface area contributed by atoms with Gasteiger partial charge < -0.3 is 14.7 Å². The fourth-order valence-electron chi connectivity index (χ4n) is 3.78. The lowest BCUT2D eigenvalue weighted by Crippen LogP contribution is -2.32. The van der Waals surface area contributed by atoms with Crippen molar-refractivity contribution in [2.45, 2.75) is 86.0 Å². The van der Waals surface area contributed by atoms with Crippen molar-refractivity contribution in [3.63, 3.8) is 0 Å². The minimum Gasteiger partial charge on any atom is -0.303 e. The van der Waals surface area contributed by atoms with Crippen LogP contribution in [0.1, 0.15) is 86.0 Å². The minimum absolute atomic E-state index is 1.27. The van der Waals surface area contributed by atoms with Crippen molar-refractivity contribution < 1.29 is 0 Å². The zero-order valence-electron chi connectivity index (χ0n) is 18.4. The molecule has 0 aliphatic rings. The average molecular weight is 356 g/mol. The van der Waals surface area contributed by atoms with Gasteiger partial charge in [-0.1, -0.05) is 34.6 Å². The van der Waals surface area contributed by atoms with Gasteiger partial charge in [0.2, 0.25) is 0 Å². The van der Waals surface area contributed by atoms with E-state index < -0.39 is 0 Å². The Morgan fingerprint density at radius 3 is 0.840 bits per heavy atom. The van der Waals surface area contributed by atoms with Crippen LogP contribution in [0.3, 0.4) is 0 Å². The zero-order valence-corrected chi connectivity index (χ0v) is 18.4. The van der Waals surface area contributed by atoms with Gasteiger partial charge in [-0.25, -0.2) is 0 Å². The summed E-state index contributed by atoms with van der Waals surface area (Å²) in [6.45, 7) is 23.0. The van der Waals surface area contributed by atoms with Crippen LogP contribution in [-0.2, 0) is 0 Å². The third kappa shape index (κ3) is 14.7. The van der Waals surface area contributed by atoms with E-state index in [1.165, 1.54) is 110 Å². The Morgan fingerprint density at radius 1 is 0.320 bits per heavy atom. The van der Waals surface area contributed by atoms with E-state index in [0.29, 0.717) is 0 Å². The zero-order chi connectivity index (χ0) is 18.8. The maximum Gasteiger partial charge on any atom is -0.000655 e. The van der Waals surface area contributed by atoms with Crippen molar-refractivity contribution in [2.24, 2.45) is 0 Å². The lowest BCUT2D eigenvalue weighted by Gasteiger charge is -2.26. The largest absolute Gasteiger partial charge is 0.303 e. The SMILES string of the molecule is CCCN(CCC)CCCCN(CCC)CCCN(CCC)CCC. The molecule has 0 rings (SSSR count). The number of rotatable bonds is 19. The molecule has 0 saturated carbocycles. The average Bonchev–Trinajstić information content (AvgIpc) is 2.59. The first-order valence-corrected chi connectivity index (χ1v) is 11.4. The van der Waals surface area contributed by atoms with Crippen LogP contribution in [0.25, 0.3) is 0 Å². The molecule has 0 bridgehead atoms. The quantitative estimate of drug-likeness (QED) is 0.298. The second kappa shape index (κ2) is 18.7. The van der Waals surface area contributed by atoms with E-state index in [1.54, 1.807) is 0 Å². The van der Waals surface area contributed by atoms with Crippen LogP contribution in [0.4, 0.5) is 0 Å². The maximum absolute atomic E-state index is 2.71. The van der Waals surface area contributed by atoms with E-state index in [2.05, 4.69) is 49.3 Å². The van der Waals surface area contributed by atoms with Crippen molar-refractivity contribution in [1.82, 2.24) is 14.7 Å². The van der Waals surface area contributed by atoms with E-state index >= 15 is 0 Å². The second-order valence-corrected chi connectivity index (χ2v) is 7.59. The number of hydrogen-bond donors (Lipinski definition) is 0. The van der Waals surface area contributed by atoms with Crippen LogP contribution in [0, 0.1) is 0 Å². The van der Waals surface area contributed by atoms with Gasteiger partial charge in [0.1, 0.15) is 0 Å². The summed E-state index contributed by atoms with van der Waals surface area (Å²) >= 11 is 0. The molecule has 0 unspecified atom stereocenters. The Kier molecular flexibility index (Phi) is 18.6. The van der Waals surface area contributed by atoms with Gasteiger partial charge in [-0.15, -0.1) is 0 Å². The standard InChI is InChI=1S/C22H49N3/c1-6-14-23(15-7-2)19-11-12-20-25(18-10-5)22-13-21-24(16-8-3)17-9-4/h6-22H2,1-5H3. The molecule has 0 radical (unpaired) electrons. The summed E-state index contributed by atoms with van der Waals surface area (Å²) in [6, 6.07) is 0. The van der Waals surface area contributed by atoms with Crippen molar-refractivity contribution in [1.29, 1.82) is 0 Å². The third-order valence-corrected chi connectivity index (χ3v) is 4.85. The van der Waals surface area contributed by atoms with Gasteiger partial charge in [0, 0.05) is 0 Å². The molecule has 0 spiro atoms. The highest BCUT2D eigenvalue weighted by Crippen LogP contribution is 2.04. The van der Waals surface area contributed by atoms with Gasteiger partial charge in [-0.2, -0.15) is 0 Å². The Labute approximate surface area is 160 Å². The Balaban J connectivity index is 3.99. The summed E-state index contributed by atoms with van der Waals surface area (Å²) in [5.74, 6) is 0. The molecule has 152 valence electrons. The number of unbranched alkanes of at least 4 members (excludes halogenated alkanes) is 1. The molecule has 0 aromatic carbocycles. The minimum atomic E-state index is 1.27. The van der Waals surface area contributed by atoms with Gasteiger partial charge in [0.15, 0.2) is 0 Å². The molecule has 3 heteroatoms. The molecule has 0 saturated heterocycles. The fourth-order valence-corrected chi connectivity index (χ4v) is 3.78. The molecule has 0 aliphatic heterocycles. The van der Waals surface area contributed by atoms with Gasteiger partial charge in [-0.3, -0.25) is 0 Å². The summed E-state index contributed by atoms with van der Waals surface area (Å²) in [4.78, 5) is 8.01. The topological polar surface area (TPSA) is 9.72 Å². The first-order chi connectivity index (χ1) is 12.2. The smallest absolute Gasteiger partial charge is 0.000655 e. The van der Waals surface area contributed by atoms with E-state index in [4.69, 9.17) is 0 Å². The van der Waals surface area contributed by atoms with Crippen LogP contribution in [-0.4, -0.2) is 73.6 Å². The number of nitrogens with zero attached hydrogens (tertiary/aromatic N) is 3. The fraction of sp³-hybridized carbons (Fsp3) is 1.00. The molecular weight excluding hydrogens is 306 g/mol. The summed E-state index contributed by atoms with van der Waals surface area (Å²) < 4.78 is 0. The predicted molar refractivity (Wildman–Crippen MR) is 115 cm³/mol. The van der Waals surface area contributed by atoms with Gasteiger partial charge in [-0.05, 0) is 110 Å². The molecule has 0 aromatic rings. The number of hydrogen-bond acceptors (Lipinski definition) is 3. The maximum atomic E-state index is 2.71. The normalized spacial score (nSPS) is 12.0. The molecule has 0 N–H and O–H groups in total. The first-order valence-electron chi connectivity index (χ1n) is 11.4. The molecule has 25 heavy (non-hydrogen) atoms. The molecule has 0 aromatic heterocycles. The van der Waals surface area contributed by atoms with Crippen LogP contribution in [0.5, 0.6) is 0 Å². The monoisotopic (exact) mass is 355 g/mol. The van der Waals surface area contributed by atoms with Gasteiger partial charge in [0.05, 0.1) is 0 Å². The summed E-state index contributed by atoms with van der Waals surface area (Å²) in [5, 5.41) is 0. The summed E-state index contributed by atoms with van der Waals surface area (Å²) in [7, 11) is 0. The van der Waals surface area contributed by atoms with E-state index in [-0.39, 0.29) is 0 Å². The highest BCUT2D eigenvalue weighted by molar-refractivity contribution is 4.63. The van der Waals surface area contributed by atoms with Crippen molar-refractivity contribution in [2.75, 3.05) is 58.9 Å². The first kappa shape index (κ1) is 24.9. The predicted octanol–water partition coefficient (Wildman–Crippen LogP) is 5.11. The third-order valence-electron chi connectivity index (χ3n) is 4.85.